The van der Waals surface area contributed by atoms with E-state index < -0.39 is 10.7 Å². The molecule has 0 spiro atoms. The molecule has 2 rings (SSSR count). The molecule has 1 aliphatic heterocycles. The van der Waals surface area contributed by atoms with E-state index in [1.54, 1.807) is 0 Å². The minimum Gasteiger partial charge on any atom is -0.379 e. The molecule has 0 aromatic heterocycles. The normalized spacial score (nSPS) is 20.0. The molecule has 1 aromatic carbocycles. The molecule has 1 N–H and O–H groups in total. The number of likely N-dealkylation sites (tertiary alicyclic amines) is 1. The Morgan fingerprint density at radius 3 is 3.00 bits per heavy atom. The van der Waals surface area contributed by atoms with Crippen molar-refractivity contribution >= 4 is 11.4 Å². The van der Waals surface area contributed by atoms with Crippen molar-refractivity contribution in [2.75, 3.05) is 32.0 Å². The summed E-state index contributed by atoms with van der Waals surface area (Å²) in [5.41, 5.74) is 0.178. The zero-order valence-electron chi connectivity index (χ0n) is 10.2. The molecule has 18 heavy (non-hydrogen) atoms. The van der Waals surface area contributed by atoms with Crippen molar-refractivity contribution in [3.63, 3.8) is 0 Å². The predicted molar refractivity (Wildman–Crippen MR) is 67.1 cm³/mol. The van der Waals surface area contributed by atoms with Crippen molar-refractivity contribution in [2.24, 2.45) is 5.92 Å². The van der Waals surface area contributed by atoms with E-state index in [4.69, 9.17) is 0 Å². The molecule has 5 nitrogen and oxygen atoms in total. The fourth-order valence-corrected chi connectivity index (χ4v) is 2.25. The molecule has 1 aliphatic rings. The quantitative estimate of drug-likeness (QED) is 0.659. The molecular weight excluding hydrogens is 237 g/mol. The first kappa shape index (κ1) is 12.8. The van der Waals surface area contributed by atoms with E-state index >= 15 is 0 Å². The molecule has 1 fully saturated rings. The fourth-order valence-electron chi connectivity index (χ4n) is 2.25. The van der Waals surface area contributed by atoms with Gasteiger partial charge in [0.25, 0.3) is 5.69 Å². The molecule has 0 saturated carbocycles. The van der Waals surface area contributed by atoms with E-state index in [-0.39, 0.29) is 5.69 Å². The summed E-state index contributed by atoms with van der Waals surface area (Å²) in [6.07, 6.45) is 1.08. The standard InChI is InChI=1S/C12H16FN3O2/c1-15-5-4-9(8-15)7-14-11-3-2-10(13)6-12(11)16(17)18/h2-3,6,9,14H,4-5,7-8H2,1H3. The van der Waals surface area contributed by atoms with E-state index in [0.29, 0.717) is 18.2 Å². The lowest BCUT2D eigenvalue weighted by Gasteiger charge is -2.12. The van der Waals surface area contributed by atoms with Crippen molar-refractivity contribution in [1.29, 1.82) is 0 Å². The van der Waals surface area contributed by atoms with Gasteiger partial charge in [0.15, 0.2) is 0 Å². The first-order valence-electron chi connectivity index (χ1n) is 5.92. The number of halogens is 1. The lowest BCUT2D eigenvalue weighted by molar-refractivity contribution is -0.384. The number of nitrogens with zero attached hydrogens (tertiary/aromatic N) is 2. The largest absolute Gasteiger partial charge is 0.379 e. The van der Waals surface area contributed by atoms with Gasteiger partial charge in [0, 0.05) is 13.1 Å². The van der Waals surface area contributed by atoms with Crippen LogP contribution in [0.2, 0.25) is 0 Å². The number of hydrogen-bond acceptors (Lipinski definition) is 4. The van der Waals surface area contributed by atoms with E-state index in [1.807, 2.05) is 0 Å². The third-order valence-corrected chi connectivity index (χ3v) is 3.23. The van der Waals surface area contributed by atoms with Crippen LogP contribution < -0.4 is 5.32 Å². The highest BCUT2D eigenvalue weighted by molar-refractivity contribution is 5.61. The maximum Gasteiger partial charge on any atom is 0.295 e. The summed E-state index contributed by atoms with van der Waals surface area (Å²) in [5.74, 6) is -0.104. The summed E-state index contributed by atoms with van der Waals surface area (Å²) < 4.78 is 13.0. The Morgan fingerprint density at radius 2 is 2.39 bits per heavy atom. The third kappa shape index (κ3) is 2.95. The summed E-state index contributed by atoms with van der Waals surface area (Å²) in [6.45, 7) is 2.72. The highest BCUT2D eigenvalue weighted by atomic mass is 19.1. The van der Waals surface area contributed by atoms with Crippen LogP contribution in [-0.2, 0) is 0 Å². The first-order valence-corrected chi connectivity index (χ1v) is 5.92. The van der Waals surface area contributed by atoms with Crippen molar-refractivity contribution in [3.05, 3.63) is 34.1 Å². The van der Waals surface area contributed by atoms with Crippen LogP contribution in [0, 0.1) is 21.8 Å². The summed E-state index contributed by atoms with van der Waals surface area (Å²) in [5, 5.41) is 13.9. The topological polar surface area (TPSA) is 58.4 Å². The second-order valence-electron chi connectivity index (χ2n) is 4.72. The van der Waals surface area contributed by atoms with Crippen molar-refractivity contribution in [3.8, 4) is 0 Å². The van der Waals surface area contributed by atoms with Crippen LogP contribution in [0.25, 0.3) is 0 Å². The minimum atomic E-state index is -0.590. The van der Waals surface area contributed by atoms with Gasteiger partial charge in [-0.25, -0.2) is 4.39 Å². The molecule has 1 heterocycles. The Labute approximate surface area is 105 Å². The van der Waals surface area contributed by atoms with E-state index in [9.17, 15) is 14.5 Å². The summed E-state index contributed by atoms with van der Waals surface area (Å²) >= 11 is 0. The Hall–Kier alpha value is -1.69. The third-order valence-electron chi connectivity index (χ3n) is 3.23. The zero-order valence-corrected chi connectivity index (χ0v) is 10.2. The number of rotatable bonds is 4. The van der Waals surface area contributed by atoms with Crippen LogP contribution in [0.3, 0.4) is 0 Å². The number of benzene rings is 1. The van der Waals surface area contributed by atoms with Gasteiger partial charge in [0.1, 0.15) is 11.5 Å². The number of nitro benzene ring substituents is 1. The zero-order chi connectivity index (χ0) is 13.1. The average molecular weight is 253 g/mol. The molecule has 0 amide bonds. The van der Waals surface area contributed by atoms with E-state index in [1.165, 1.54) is 12.1 Å². The van der Waals surface area contributed by atoms with Gasteiger partial charge in [-0.3, -0.25) is 10.1 Å². The molecule has 0 bridgehead atoms. The Balaban J connectivity index is 2.02. The highest BCUT2D eigenvalue weighted by Gasteiger charge is 2.21. The van der Waals surface area contributed by atoms with Crippen LogP contribution in [0.4, 0.5) is 15.8 Å². The molecular formula is C12H16FN3O2. The van der Waals surface area contributed by atoms with Gasteiger partial charge >= 0.3 is 0 Å². The summed E-state index contributed by atoms with van der Waals surface area (Å²) in [7, 11) is 2.06. The minimum absolute atomic E-state index is 0.207. The first-order chi connectivity index (χ1) is 8.56. The van der Waals surface area contributed by atoms with E-state index in [0.717, 1.165) is 25.6 Å². The average Bonchev–Trinajstić information content (AvgIpc) is 2.73. The van der Waals surface area contributed by atoms with Crippen molar-refractivity contribution in [1.82, 2.24) is 4.90 Å². The highest BCUT2D eigenvalue weighted by Crippen LogP contribution is 2.26. The lowest BCUT2D eigenvalue weighted by Crippen LogP contribution is -2.19. The molecule has 98 valence electrons. The van der Waals surface area contributed by atoms with Gasteiger partial charge in [0.2, 0.25) is 0 Å². The Morgan fingerprint density at radius 1 is 1.61 bits per heavy atom. The molecule has 0 radical (unpaired) electrons. The van der Waals surface area contributed by atoms with Crippen molar-refractivity contribution in [2.45, 2.75) is 6.42 Å². The van der Waals surface area contributed by atoms with Gasteiger partial charge in [-0.15, -0.1) is 0 Å². The van der Waals surface area contributed by atoms with Crippen LogP contribution >= 0.6 is 0 Å². The molecule has 1 saturated heterocycles. The SMILES string of the molecule is CN1CCC(CNc2ccc(F)cc2[N+](=O)[O-])C1. The number of nitrogens with one attached hydrogen (secondary N) is 1. The second kappa shape index (κ2) is 5.30. The second-order valence-corrected chi connectivity index (χ2v) is 4.72. The number of nitro groups is 1. The molecule has 0 aliphatic carbocycles. The van der Waals surface area contributed by atoms with Crippen LogP contribution in [-0.4, -0.2) is 36.5 Å². The van der Waals surface area contributed by atoms with Gasteiger partial charge in [-0.05, 0) is 38.1 Å². The smallest absolute Gasteiger partial charge is 0.295 e. The number of hydrogen-bond donors (Lipinski definition) is 1. The van der Waals surface area contributed by atoms with Crippen LogP contribution in [0.1, 0.15) is 6.42 Å². The lowest BCUT2D eigenvalue weighted by atomic mass is 10.1. The Kier molecular flexibility index (Phi) is 3.76. The molecule has 1 atom stereocenters. The maximum absolute atomic E-state index is 13.0. The van der Waals surface area contributed by atoms with Crippen LogP contribution in [0.5, 0.6) is 0 Å². The number of anilines is 1. The van der Waals surface area contributed by atoms with Gasteiger partial charge in [0.05, 0.1) is 11.0 Å². The molecule has 1 unspecified atom stereocenters. The fraction of sp³-hybridized carbons (Fsp3) is 0.500. The summed E-state index contributed by atoms with van der Waals surface area (Å²) in [6, 6.07) is 3.60. The van der Waals surface area contributed by atoms with Gasteiger partial charge in [-0.2, -0.15) is 0 Å². The molecule has 1 aromatic rings. The maximum atomic E-state index is 13.0. The predicted octanol–water partition coefficient (Wildman–Crippen LogP) is 2.10. The molecule has 6 heteroatoms. The Bertz CT molecular complexity index is 453. The van der Waals surface area contributed by atoms with Crippen LogP contribution in [0.15, 0.2) is 18.2 Å². The van der Waals surface area contributed by atoms with E-state index in [2.05, 4.69) is 17.3 Å². The van der Waals surface area contributed by atoms with Gasteiger partial charge in [-0.1, -0.05) is 0 Å². The monoisotopic (exact) mass is 253 g/mol. The van der Waals surface area contributed by atoms with Crippen molar-refractivity contribution < 1.29 is 9.31 Å². The van der Waals surface area contributed by atoms with Gasteiger partial charge < -0.3 is 10.2 Å². The summed E-state index contributed by atoms with van der Waals surface area (Å²) in [4.78, 5) is 12.5.